The van der Waals surface area contributed by atoms with Gasteiger partial charge in [0.15, 0.2) is 11.5 Å². The number of hydrogen-bond acceptors (Lipinski definition) is 4. The van der Waals surface area contributed by atoms with E-state index in [0.717, 1.165) is 34.0 Å². The van der Waals surface area contributed by atoms with Crippen LogP contribution in [0.25, 0.3) is 17.0 Å². The number of benzene rings is 1. The van der Waals surface area contributed by atoms with Crippen molar-refractivity contribution in [1.82, 2.24) is 19.8 Å². The number of hydrogen-bond donors (Lipinski definition) is 1. The standard InChI is InChI=1S/C13H13N5/c1-8-7-10(14)4-5-11(8)13-16-15-12-6-3-9(2)17-18(12)13/h3-7H,14H2,1-2H3. The number of nitrogens with two attached hydrogens (primary N) is 1. The summed E-state index contributed by atoms with van der Waals surface area (Å²) in [5.74, 6) is 0.742. The van der Waals surface area contributed by atoms with Crippen molar-refractivity contribution in [2.24, 2.45) is 0 Å². The van der Waals surface area contributed by atoms with Crippen molar-refractivity contribution in [2.45, 2.75) is 13.8 Å². The summed E-state index contributed by atoms with van der Waals surface area (Å²) >= 11 is 0. The van der Waals surface area contributed by atoms with Crippen LogP contribution in [0, 0.1) is 13.8 Å². The third-order valence-electron chi connectivity index (χ3n) is 2.89. The second-order valence-electron chi connectivity index (χ2n) is 4.34. The van der Waals surface area contributed by atoms with Crippen molar-refractivity contribution in [1.29, 1.82) is 0 Å². The van der Waals surface area contributed by atoms with Crippen LogP contribution in [-0.4, -0.2) is 19.8 Å². The topological polar surface area (TPSA) is 69.1 Å². The van der Waals surface area contributed by atoms with Crippen molar-refractivity contribution in [3.05, 3.63) is 41.6 Å². The van der Waals surface area contributed by atoms with Gasteiger partial charge in [-0.25, -0.2) is 0 Å². The van der Waals surface area contributed by atoms with E-state index in [-0.39, 0.29) is 0 Å². The molecule has 0 aliphatic heterocycles. The molecule has 5 heteroatoms. The number of rotatable bonds is 1. The van der Waals surface area contributed by atoms with Crippen molar-refractivity contribution >= 4 is 11.3 Å². The quantitative estimate of drug-likeness (QED) is 0.659. The van der Waals surface area contributed by atoms with Crippen molar-refractivity contribution in [3.8, 4) is 11.4 Å². The highest BCUT2D eigenvalue weighted by molar-refractivity contribution is 5.65. The minimum absolute atomic E-state index is 0.742. The summed E-state index contributed by atoms with van der Waals surface area (Å²) in [6, 6.07) is 9.56. The fourth-order valence-corrected chi connectivity index (χ4v) is 1.99. The van der Waals surface area contributed by atoms with Gasteiger partial charge in [-0.1, -0.05) is 0 Å². The Morgan fingerprint density at radius 2 is 1.89 bits per heavy atom. The first kappa shape index (κ1) is 10.7. The van der Waals surface area contributed by atoms with E-state index in [2.05, 4.69) is 15.3 Å². The van der Waals surface area contributed by atoms with Gasteiger partial charge in [0, 0.05) is 11.3 Å². The maximum absolute atomic E-state index is 5.76. The van der Waals surface area contributed by atoms with Gasteiger partial charge in [0.05, 0.1) is 5.69 Å². The Morgan fingerprint density at radius 3 is 2.67 bits per heavy atom. The number of nitrogen functional groups attached to an aromatic ring is 1. The number of aromatic nitrogens is 4. The van der Waals surface area contributed by atoms with Crippen molar-refractivity contribution in [2.75, 3.05) is 5.73 Å². The molecule has 0 aliphatic carbocycles. The van der Waals surface area contributed by atoms with E-state index in [1.807, 2.05) is 44.2 Å². The first-order chi connectivity index (χ1) is 8.65. The average Bonchev–Trinajstić information content (AvgIpc) is 2.72. The number of fused-ring (bicyclic) bond motifs is 1. The van der Waals surface area contributed by atoms with Gasteiger partial charge in [0.25, 0.3) is 0 Å². The van der Waals surface area contributed by atoms with Gasteiger partial charge in [-0.2, -0.15) is 9.61 Å². The Kier molecular flexibility index (Phi) is 2.26. The third-order valence-corrected chi connectivity index (χ3v) is 2.89. The lowest BCUT2D eigenvalue weighted by Crippen LogP contribution is -1.98. The van der Waals surface area contributed by atoms with Crippen LogP contribution in [0.1, 0.15) is 11.3 Å². The Bertz CT molecular complexity index is 729. The van der Waals surface area contributed by atoms with E-state index in [4.69, 9.17) is 5.73 Å². The van der Waals surface area contributed by atoms with Gasteiger partial charge in [-0.05, 0) is 49.7 Å². The molecule has 1 aromatic carbocycles. The van der Waals surface area contributed by atoms with Gasteiger partial charge in [0.2, 0.25) is 0 Å². The lowest BCUT2D eigenvalue weighted by Gasteiger charge is -2.04. The van der Waals surface area contributed by atoms with Crippen LogP contribution < -0.4 is 5.73 Å². The Morgan fingerprint density at radius 1 is 1.06 bits per heavy atom. The summed E-state index contributed by atoms with van der Waals surface area (Å²) < 4.78 is 1.76. The zero-order valence-electron chi connectivity index (χ0n) is 10.3. The van der Waals surface area contributed by atoms with E-state index < -0.39 is 0 Å². The molecular formula is C13H13N5. The molecule has 2 heterocycles. The highest BCUT2D eigenvalue weighted by Crippen LogP contribution is 2.23. The van der Waals surface area contributed by atoms with Crippen LogP contribution >= 0.6 is 0 Å². The van der Waals surface area contributed by atoms with E-state index in [9.17, 15) is 0 Å². The third kappa shape index (κ3) is 1.60. The molecule has 0 saturated heterocycles. The number of aryl methyl sites for hydroxylation is 2. The molecule has 0 unspecified atom stereocenters. The zero-order chi connectivity index (χ0) is 12.7. The molecule has 0 radical (unpaired) electrons. The Labute approximate surface area is 104 Å². The molecule has 0 saturated carbocycles. The lowest BCUT2D eigenvalue weighted by molar-refractivity contribution is 0.901. The predicted molar refractivity (Wildman–Crippen MR) is 70.1 cm³/mol. The van der Waals surface area contributed by atoms with Gasteiger partial charge in [-0.15, -0.1) is 10.2 Å². The normalized spacial score (nSPS) is 11.0. The molecule has 0 bridgehead atoms. The zero-order valence-corrected chi connectivity index (χ0v) is 10.3. The first-order valence-electron chi connectivity index (χ1n) is 5.71. The van der Waals surface area contributed by atoms with Gasteiger partial charge in [0.1, 0.15) is 0 Å². The van der Waals surface area contributed by atoms with Crippen LogP contribution in [0.2, 0.25) is 0 Å². The number of anilines is 1. The summed E-state index contributed by atoms with van der Waals surface area (Å²) in [7, 11) is 0. The van der Waals surface area contributed by atoms with E-state index in [1.54, 1.807) is 4.52 Å². The van der Waals surface area contributed by atoms with Gasteiger partial charge < -0.3 is 5.73 Å². The van der Waals surface area contributed by atoms with Crippen LogP contribution in [0.3, 0.4) is 0 Å². The minimum atomic E-state index is 0.742. The molecule has 0 fully saturated rings. The van der Waals surface area contributed by atoms with Crippen LogP contribution in [-0.2, 0) is 0 Å². The maximum Gasteiger partial charge on any atom is 0.185 e. The first-order valence-corrected chi connectivity index (χ1v) is 5.71. The monoisotopic (exact) mass is 239 g/mol. The molecule has 0 atom stereocenters. The van der Waals surface area contributed by atoms with Gasteiger partial charge in [-0.3, -0.25) is 0 Å². The summed E-state index contributed by atoms with van der Waals surface area (Å²) in [5, 5.41) is 12.8. The molecule has 0 spiro atoms. The van der Waals surface area contributed by atoms with E-state index >= 15 is 0 Å². The average molecular weight is 239 g/mol. The van der Waals surface area contributed by atoms with Crippen molar-refractivity contribution in [3.63, 3.8) is 0 Å². The Hall–Kier alpha value is -2.43. The SMILES string of the molecule is Cc1ccc2nnc(-c3ccc(N)cc3C)n2n1. The highest BCUT2D eigenvalue weighted by Gasteiger charge is 2.11. The lowest BCUT2D eigenvalue weighted by atomic mass is 10.1. The molecule has 2 N–H and O–H groups in total. The molecule has 0 amide bonds. The molecule has 3 rings (SSSR count). The molecule has 0 aliphatic rings. The summed E-state index contributed by atoms with van der Waals surface area (Å²) in [5.41, 5.74) is 10.2. The summed E-state index contributed by atoms with van der Waals surface area (Å²) in [6.45, 7) is 3.95. The van der Waals surface area contributed by atoms with E-state index in [0.29, 0.717) is 0 Å². The fourth-order valence-electron chi connectivity index (χ4n) is 1.99. The molecule has 2 aromatic heterocycles. The highest BCUT2D eigenvalue weighted by atomic mass is 15.4. The number of nitrogens with zero attached hydrogens (tertiary/aromatic N) is 4. The maximum atomic E-state index is 5.76. The summed E-state index contributed by atoms with van der Waals surface area (Å²) in [6.07, 6.45) is 0. The second kappa shape index (κ2) is 3.80. The van der Waals surface area contributed by atoms with Crippen LogP contribution in [0.4, 0.5) is 5.69 Å². The van der Waals surface area contributed by atoms with Crippen LogP contribution in [0.15, 0.2) is 30.3 Å². The van der Waals surface area contributed by atoms with Crippen LogP contribution in [0.5, 0.6) is 0 Å². The Balaban J connectivity index is 2.28. The molecule has 90 valence electrons. The molecule has 5 nitrogen and oxygen atoms in total. The molecule has 3 aromatic rings. The predicted octanol–water partition coefficient (Wildman–Crippen LogP) is 1.99. The fraction of sp³-hybridized carbons (Fsp3) is 0.154. The second-order valence-corrected chi connectivity index (χ2v) is 4.34. The molecular weight excluding hydrogens is 226 g/mol. The minimum Gasteiger partial charge on any atom is -0.399 e. The smallest absolute Gasteiger partial charge is 0.185 e. The van der Waals surface area contributed by atoms with E-state index in [1.165, 1.54) is 0 Å². The summed E-state index contributed by atoms with van der Waals surface area (Å²) in [4.78, 5) is 0. The largest absolute Gasteiger partial charge is 0.399 e. The van der Waals surface area contributed by atoms with Crippen molar-refractivity contribution < 1.29 is 0 Å². The van der Waals surface area contributed by atoms with Gasteiger partial charge >= 0.3 is 0 Å². The molecule has 18 heavy (non-hydrogen) atoms.